The predicted molar refractivity (Wildman–Crippen MR) is 123 cm³/mol. The highest BCUT2D eigenvalue weighted by atomic mass is 16.3. The van der Waals surface area contributed by atoms with E-state index >= 15 is 0 Å². The molecule has 3 heterocycles. The maximum atomic E-state index is 13.2. The lowest BCUT2D eigenvalue weighted by molar-refractivity contribution is 0.0492. The van der Waals surface area contributed by atoms with Crippen LogP contribution >= 0.6 is 0 Å². The minimum Gasteiger partial charge on any atom is -0.390 e. The fourth-order valence-electron chi connectivity index (χ4n) is 4.97. The standard InChI is InChI=1S/C26H30N4O2/c1-28-15-20(14-27-28)12-19-6-7-22-9-11-30(26(32)25(22)13-19)18-24(31)17-29-10-8-21-4-2-3-5-23(21)16-29/h2-7,13-15,24,31H,8-12,16-18H2,1H3/t24-/m0/s1. The van der Waals surface area contributed by atoms with Gasteiger partial charge in [0.25, 0.3) is 5.91 Å². The monoisotopic (exact) mass is 430 g/mol. The molecule has 1 amide bonds. The average Bonchev–Trinajstić information content (AvgIpc) is 3.20. The van der Waals surface area contributed by atoms with Crippen LogP contribution in [0.5, 0.6) is 0 Å². The summed E-state index contributed by atoms with van der Waals surface area (Å²) in [7, 11) is 1.91. The Morgan fingerprint density at radius 1 is 1.00 bits per heavy atom. The van der Waals surface area contributed by atoms with Crippen LogP contribution in [-0.4, -0.2) is 62.9 Å². The van der Waals surface area contributed by atoms with E-state index in [0.29, 0.717) is 19.6 Å². The lowest BCUT2D eigenvalue weighted by Crippen LogP contribution is -2.46. The minimum atomic E-state index is -0.552. The van der Waals surface area contributed by atoms with Crippen LogP contribution in [0.4, 0.5) is 0 Å². The van der Waals surface area contributed by atoms with Crippen molar-refractivity contribution in [1.29, 1.82) is 0 Å². The summed E-state index contributed by atoms with van der Waals surface area (Å²) in [5, 5.41) is 15.0. The van der Waals surface area contributed by atoms with E-state index in [1.54, 1.807) is 4.68 Å². The Bertz CT molecular complexity index is 1120. The number of carbonyl (C=O) groups is 1. The van der Waals surface area contributed by atoms with E-state index in [1.165, 1.54) is 11.1 Å². The number of aliphatic hydroxyl groups excluding tert-OH is 1. The summed E-state index contributed by atoms with van der Waals surface area (Å²) in [6.45, 7) is 3.44. The second kappa shape index (κ2) is 8.88. The topological polar surface area (TPSA) is 61.6 Å². The summed E-state index contributed by atoms with van der Waals surface area (Å²) in [5.41, 5.74) is 6.86. The van der Waals surface area contributed by atoms with Crippen molar-refractivity contribution in [3.05, 3.63) is 88.2 Å². The van der Waals surface area contributed by atoms with Crippen LogP contribution in [-0.2, 0) is 32.9 Å². The van der Waals surface area contributed by atoms with E-state index in [0.717, 1.165) is 54.6 Å². The highest BCUT2D eigenvalue weighted by Crippen LogP contribution is 2.23. The quantitative estimate of drug-likeness (QED) is 0.653. The van der Waals surface area contributed by atoms with Gasteiger partial charge in [0, 0.05) is 58.0 Å². The van der Waals surface area contributed by atoms with E-state index in [9.17, 15) is 9.90 Å². The average molecular weight is 431 g/mol. The van der Waals surface area contributed by atoms with Gasteiger partial charge in [-0.2, -0.15) is 5.10 Å². The van der Waals surface area contributed by atoms with Crippen LogP contribution in [0, 0.1) is 0 Å². The molecule has 6 heteroatoms. The zero-order chi connectivity index (χ0) is 22.1. The number of hydrogen-bond donors (Lipinski definition) is 1. The van der Waals surface area contributed by atoms with Crippen molar-refractivity contribution in [3.8, 4) is 0 Å². The number of nitrogens with zero attached hydrogens (tertiary/aromatic N) is 4. The normalized spacial score (nSPS) is 17.2. The first kappa shape index (κ1) is 20.9. The number of carbonyl (C=O) groups excluding carboxylic acids is 1. The molecule has 6 nitrogen and oxygen atoms in total. The van der Waals surface area contributed by atoms with E-state index in [1.807, 2.05) is 30.4 Å². The molecule has 2 aromatic carbocycles. The lowest BCUT2D eigenvalue weighted by Gasteiger charge is -2.34. The molecule has 0 saturated heterocycles. The molecule has 0 saturated carbocycles. The van der Waals surface area contributed by atoms with Crippen LogP contribution in [0.15, 0.2) is 54.9 Å². The van der Waals surface area contributed by atoms with E-state index in [4.69, 9.17) is 0 Å². The van der Waals surface area contributed by atoms with Crippen molar-refractivity contribution < 1.29 is 9.90 Å². The van der Waals surface area contributed by atoms with Crippen molar-refractivity contribution in [2.24, 2.45) is 7.05 Å². The summed E-state index contributed by atoms with van der Waals surface area (Å²) in [5.74, 6) is 0.0299. The van der Waals surface area contributed by atoms with Crippen molar-refractivity contribution in [3.63, 3.8) is 0 Å². The summed E-state index contributed by atoms with van der Waals surface area (Å²) in [4.78, 5) is 17.3. The molecule has 0 radical (unpaired) electrons. The zero-order valence-corrected chi connectivity index (χ0v) is 18.6. The fraction of sp³-hybridized carbons (Fsp3) is 0.385. The fourth-order valence-corrected chi connectivity index (χ4v) is 4.97. The number of fused-ring (bicyclic) bond motifs is 2. The van der Waals surface area contributed by atoms with Gasteiger partial charge in [0.15, 0.2) is 0 Å². The number of aryl methyl sites for hydroxylation is 1. The molecule has 1 aromatic heterocycles. The van der Waals surface area contributed by atoms with E-state index in [2.05, 4.69) is 46.4 Å². The van der Waals surface area contributed by atoms with Gasteiger partial charge >= 0.3 is 0 Å². The second-order valence-corrected chi connectivity index (χ2v) is 9.10. The van der Waals surface area contributed by atoms with Gasteiger partial charge in [-0.15, -0.1) is 0 Å². The Kier molecular flexibility index (Phi) is 5.81. The summed E-state index contributed by atoms with van der Waals surface area (Å²) in [6, 6.07) is 14.7. The lowest BCUT2D eigenvalue weighted by atomic mass is 9.94. The molecule has 0 fully saturated rings. The molecule has 5 rings (SSSR count). The van der Waals surface area contributed by atoms with Crippen molar-refractivity contribution >= 4 is 5.91 Å². The molecule has 2 aliphatic rings. The smallest absolute Gasteiger partial charge is 0.254 e. The number of benzene rings is 2. The summed E-state index contributed by atoms with van der Waals surface area (Å²) < 4.78 is 1.79. The van der Waals surface area contributed by atoms with Crippen LogP contribution in [0.25, 0.3) is 0 Å². The van der Waals surface area contributed by atoms with Gasteiger partial charge in [-0.1, -0.05) is 36.4 Å². The highest BCUT2D eigenvalue weighted by Gasteiger charge is 2.27. The third-order valence-electron chi connectivity index (χ3n) is 6.62. The molecule has 0 spiro atoms. The minimum absolute atomic E-state index is 0.0299. The Hall–Kier alpha value is -2.96. The second-order valence-electron chi connectivity index (χ2n) is 9.10. The van der Waals surface area contributed by atoms with Gasteiger partial charge in [0.05, 0.1) is 12.3 Å². The van der Waals surface area contributed by atoms with E-state index < -0.39 is 6.10 Å². The molecule has 32 heavy (non-hydrogen) atoms. The molecule has 3 aromatic rings. The highest BCUT2D eigenvalue weighted by molar-refractivity contribution is 5.97. The molecule has 166 valence electrons. The Morgan fingerprint density at radius 3 is 2.62 bits per heavy atom. The molecule has 2 aliphatic heterocycles. The van der Waals surface area contributed by atoms with Crippen LogP contribution in [0.2, 0.25) is 0 Å². The molecular formula is C26H30N4O2. The van der Waals surface area contributed by atoms with E-state index in [-0.39, 0.29) is 5.91 Å². The number of hydrogen-bond acceptors (Lipinski definition) is 4. The molecule has 0 aliphatic carbocycles. The Morgan fingerprint density at radius 2 is 1.81 bits per heavy atom. The molecule has 0 unspecified atom stereocenters. The SMILES string of the molecule is Cn1cc(Cc2ccc3c(c2)C(=O)N(C[C@@H](O)CN2CCc4ccccc4C2)CC3)cn1. The summed E-state index contributed by atoms with van der Waals surface area (Å²) in [6.07, 6.45) is 5.92. The molecular weight excluding hydrogens is 400 g/mol. The predicted octanol–water partition coefficient (Wildman–Crippen LogP) is 2.43. The maximum absolute atomic E-state index is 13.2. The van der Waals surface area contributed by atoms with Crippen molar-refractivity contribution in [2.75, 3.05) is 26.2 Å². The first-order valence-electron chi connectivity index (χ1n) is 11.4. The van der Waals surface area contributed by atoms with Crippen LogP contribution < -0.4 is 0 Å². The van der Waals surface area contributed by atoms with Gasteiger partial charge in [-0.25, -0.2) is 0 Å². The van der Waals surface area contributed by atoms with Crippen LogP contribution in [0.1, 0.15) is 38.2 Å². The van der Waals surface area contributed by atoms with Gasteiger partial charge < -0.3 is 10.0 Å². The van der Waals surface area contributed by atoms with Crippen molar-refractivity contribution in [1.82, 2.24) is 19.6 Å². The third kappa shape index (κ3) is 4.47. The molecule has 1 atom stereocenters. The number of β-amino-alcohol motifs (C(OH)–C–C–N with tert-alkyl or cyclic N) is 1. The maximum Gasteiger partial charge on any atom is 0.254 e. The van der Waals surface area contributed by atoms with Gasteiger partial charge in [-0.3, -0.25) is 14.4 Å². The largest absolute Gasteiger partial charge is 0.390 e. The molecule has 1 N–H and O–H groups in total. The van der Waals surface area contributed by atoms with Gasteiger partial charge in [-0.05, 0) is 46.7 Å². The number of aliphatic hydroxyl groups is 1. The number of rotatable bonds is 6. The first-order chi connectivity index (χ1) is 15.5. The Balaban J connectivity index is 1.22. The van der Waals surface area contributed by atoms with Crippen molar-refractivity contribution in [2.45, 2.75) is 31.9 Å². The first-order valence-corrected chi connectivity index (χ1v) is 11.4. The number of amides is 1. The zero-order valence-electron chi connectivity index (χ0n) is 18.6. The number of aromatic nitrogens is 2. The van der Waals surface area contributed by atoms with Crippen LogP contribution in [0.3, 0.4) is 0 Å². The van der Waals surface area contributed by atoms with Gasteiger partial charge in [0.1, 0.15) is 0 Å². The molecule has 0 bridgehead atoms. The summed E-state index contributed by atoms with van der Waals surface area (Å²) >= 11 is 0. The van der Waals surface area contributed by atoms with Gasteiger partial charge in [0.2, 0.25) is 0 Å². The third-order valence-corrected chi connectivity index (χ3v) is 6.62. The Labute approximate surface area is 189 Å².